The van der Waals surface area contributed by atoms with Crippen molar-refractivity contribution in [3.63, 3.8) is 0 Å². The Morgan fingerprint density at radius 3 is 2.61 bits per heavy atom. The van der Waals surface area contributed by atoms with Gasteiger partial charge in [-0.3, -0.25) is 4.90 Å². The van der Waals surface area contributed by atoms with E-state index >= 15 is 0 Å². The first-order chi connectivity index (χ1) is 10.7. The number of methoxy groups -OCH3 is 1. The smallest absolute Gasteiger partial charge is 0.414 e. The molecule has 0 bridgehead atoms. The van der Waals surface area contributed by atoms with Crippen LogP contribution in [0.5, 0.6) is 0 Å². The first kappa shape index (κ1) is 17.3. The van der Waals surface area contributed by atoms with E-state index in [2.05, 4.69) is 4.74 Å². The number of para-hydroxylation sites is 1. The van der Waals surface area contributed by atoms with E-state index in [-0.39, 0.29) is 12.3 Å². The molecule has 0 fully saturated rings. The quantitative estimate of drug-likeness (QED) is 0.865. The van der Waals surface area contributed by atoms with E-state index in [4.69, 9.17) is 4.74 Å². The lowest BCUT2D eigenvalue weighted by Crippen LogP contribution is -2.36. The summed E-state index contributed by atoms with van der Waals surface area (Å²) < 4.78 is 9.99. The number of amides is 1. The number of anilines is 1. The molecule has 1 heterocycles. The first-order valence-electron chi connectivity index (χ1n) is 7.58. The van der Waals surface area contributed by atoms with E-state index < -0.39 is 23.8 Å². The summed E-state index contributed by atoms with van der Waals surface area (Å²) in [5.41, 5.74) is 1.08. The summed E-state index contributed by atoms with van der Waals surface area (Å²) in [6, 6.07) is 7.45. The third-order valence-corrected chi connectivity index (χ3v) is 3.67. The fourth-order valence-electron chi connectivity index (χ4n) is 2.69. The van der Waals surface area contributed by atoms with E-state index in [0.29, 0.717) is 6.54 Å². The standard InChI is InChI=1S/C17H23NO5/c1-17(2,3)23-16(21)18-10-11(9-14(19)15(20)22-4)12-7-5-6-8-13(12)18/h5-8,11,14,19H,9-10H2,1-4H3/t11?,14-/m0/s1. The van der Waals surface area contributed by atoms with Gasteiger partial charge in [0, 0.05) is 12.5 Å². The van der Waals surface area contributed by atoms with Crippen molar-refractivity contribution in [2.24, 2.45) is 0 Å². The average Bonchev–Trinajstić information content (AvgIpc) is 2.84. The van der Waals surface area contributed by atoms with Crippen LogP contribution in [0.2, 0.25) is 0 Å². The third-order valence-electron chi connectivity index (χ3n) is 3.67. The monoisotopic (exact) mass is 321 g/mol. The predicted molar refractivity (Wildman–Crippen MR) is 85.4 cm³/mol. The number of hydrogen-bond acceptors (Lipinski definition) is 5. The van der Waals surface area contributed by atoms with Crippen LogP contribution < -0.4 is 4.90 Å². The van der Waals surface area contributed by atoms with Crippen molar-refractivity contribution in [1.29, 1.82) is 0 Å². The van der Waals surface area contributed by atoms with Gasteiger partial charge in [0.05, 0.1) is 12.8 Å². The van der Waals surface area contributed by atoms with Crippen LogP contribution in [0.3, 0.4) is 0 Å². The van der Waals surface area contributed by atoms with Crippen molar-refractivity contribution >= 4 is 17.7 Å². The number of aliphatic hydroxyl groups excluding tert-OH is 1. The van der Waals surface area contributed by atoms with Crippen LogP contribution in [-0.4, -0.2) is 42.5 Å². The Labute approximate surface area is 136 Å². The van der Waals surface area contributed by atoms with Crippen molar-refractivity contribution < 1.29 is 24.2 Å². The molecule has 1 aliphatic rings. The van der Waals surface area contributed by atoms with Crippen LogP contribution in [0.15, 0.2) is 24.3 Å². The predicted octanol–water partition coefficient (Wildman–Crippen LogP) is 2.45. The van der Waals surface area contributed by atoms with Crippen LogP contribution in [0.25, 0.3) is 0 Å². The molecule has 0 radical (unpaired) electrons. The summed E-state index contributed by atoms with van der Waals surface area (Å²) in [5, 5.41) is 9.91. The van der Waals surface area contributed by atoms with Crippen LogP contribution in [0.1, 0.15) is 38.7 Å². The molecule has 1 aromatic rings. The normalized spacial score (nSPS) is 18.3. The van der Waals surface area contributed by atoms with Crippen molar-refractivity contribution in [2.75, 3.05) is 18.6 Å². The van der Waals surface area contributed by atoms with Gasteiger partial charge in [0.15, 0.2) is 6.10 Å². The molecule has 1 aliphatic heterocycles. The fraction of sp³-hybridized carbons (Fsp3) is 0.529. The maximum absolute atomic E-state index is 12.4. The maximum Gasteiger partial charge on any atom is 0.414 e. The molecule has 2 atom stereocenters. The van der Waals surface area contributed by atoms with Crippen molar-refractivity contribution in [2.45, 2.75) is 44.8 Å². The number of nitrogens with zero attached hydrogens (tertiary/aromatic N) is 1. The van der Waals surface area contributed by atoms with E-state index in [0.717, 1.165) is 11.3 Å². The highest BCUT2D eigenvalue weighted by Crippen LogP contribution is 2.39. The lowest BCUT2D eigenvalue weighted by Gasteiger charge is -2.25. The minimum Gasteiger partial charge on any atom is -0.467 e. The van der Waals surface area contributed by atoms with Crippen molar-refractivity contribution in [3.8, 4) is 0 Å². The van der Waals surface area contributed by atoms with Crippen LogP contribution >= 0.6 is 0 Å². The minimum absolute atomic E-state index is 0.146. The molecule has 2 rings (SSSR count). The molecular weight excluding hydrogens is 298 g/mol. The lowest BCUT2D eigenvalue weighted by molar-refractivity contribution is -0.150. The Kier molecular flexibility index (Phi) is 4.94. The number of esters is 1. The van der Waals surface area contributed by atoms with Gasteiger partial charge in [0.1, 0.15) is 5.60 Å². The van der Waals surface area contributed by atoms with Gasteiger partial charge in [-0.05, 0) is 38.8 Å². The van der Waals surface area contributed by atoms with Gasteiger partial charge < -0.3 is 14.6 Å². The molecule has 1 N–H and O–H groups in total. The number of ether oxygens (including phenoxy) is 2. The van der Waals surface area contributed by atoms with E-state index in [1.54, 1.807) is 4.90 Å². The Morgan fingerprint density at radius 2 is 2.00 bits per heavy atom. The number of fused-ring (bicyclic) bond motifs is 1. The van der Waals surface area contributed by atoms with Gasteiger partial charge in [-0.1, -0.05) is 18.2 Å². The Morgan fingerprint density at radius 1 is 1.35 bits per heavy atom. The van der Waals surface area contributed by atoms with Gasteiger partial charge >= 0.3 is 12.1 Å². The molecule has 6 nitrogen and oxygen atoms in total. The van der Waals surface area contributed by atoms with Gasteiger partial charge in [0.2, 0.25) is 0 Å². The van der Waals surface area contributed by atoms with E-state index in [9.17, 15) is 14.7 Å². The molecule has 0 aliphatic carbocycles. The van der Waals surface area contributed by atoms with Crippen LogP contribution in [0, 0.1) is 0 Å². The molecule has 6 heteroatoms. The Hall–Kier alpha value is -2.08. The first-order valence-corrected chi connectivity index (χ1v) is 7.58. The molecule has 0 aromatic heterocycles. The van der Waals surface area contributed by atoms with Gasteiger partial charge in [-0.15, -0.1) is 0 Å². The third kappa shape index (κ3) is 4.01. The molecule has 1 amide bonds. The zero-order valence-corrected chi connectivity index (χ0v) is 13.9. The summed E-state index contributed by atoms with van der Waals surface area (Å²) in [4.78, 5) is 25.4. The van der Waals surface area contributed by atoms with Crippen molar-refractivity contribution in [1.82, 2.24) is 0 Å². The summed E-state index contributed by atoms with van der Waals surface area (Å²) in [6.07, 6.45) is -1.44. The maximum atomic E-state index is 12.4. The highest BCUT2D eigenvalue weighted by Gasteiger charge is 2.36. The lowest BCUT2D eigenvalue weighted by atomic mass is 9.95. The second kappa shape index (κ2) is 6.58. The zero-order chi connectivity index (χ0) is 17.2. The Bertz CT molecular complexity index is 593. The molecular formula is C17H23NO5. The molecule has 0 spiro atoms. The topological polar surface area (TPSA) is 76.1 Å². The molecule has 0 saturated carbocycles. The van der Waals surface area contributed by atoms with Gasteiger partial charge in [-0.2, -0.15) is 0 Å². The zero-order valence-electron chi connectivity index (χ0n) is 13.9. The van der Waals surface area contributed by atoms with E-state index in [1.165, 1.54) is 7.11 Å². The molecule has 126 valence electrons. The number of carbonyl (C=O) groups is 2. The average molecular weight is 321 g/mol. The van der Waals surface area contributed by atoms with E-state index in [1.807, 2.05) is 45.0 Å². The number of aliphatic hydroxyl groups is 1. The fourth-order valence-corrected chi connectivity index (χ4v) is 2.69. The second-order valence-corrected chi connectivity index (χ2v) is 6.62. The molecule has 1 unspecified atom stereocenters. The SMILES string of the molecule is COC(=O)[C@@H](O)CC1CN(C(=O)OC(C)(C)C)c2ccccc21. The molecule has 23 heavy (non-hydrogen) atoms. The van der Waals surface area contributed by atoms with Crippen LogP contribution in [0.4, 0.5) is 10.5 Å². The number of carbonyl (C=O) groups excluding carboxylic acids is 2. The second-order valence-electron chi connectivity index (χ2n) is 6.62. The summed E-state index contributed by atoms with van der Waals surface area (Å²) in [6.45, 7) is 5.80. The van der Waals surface area contributed by atoms with Crippen LogP contribution in [-0.2, 0) is 14.3 Å². The van der Waals surface area contributed by atoms with Gasteiger partial charge in [-0.25, -0.2) is 9.59 Å². The highest BCUT2D eigenvalue weighted by molar-refractivity contribution is 5.91. The summed E-state index contributed by atoms with van der Waals surface area (Å²) in [7, 11) is 1.24. The summed E-state index contributed by atoms with van der Waals surface area (Å²) in [5.74, 6) is -0.814. The number of hydrogen-bond donors (Lipinski definition) is 1. The van der Waals surface area contributed by atoms with Crippen molar-refractivity contribution in [3.05, 3.63) is 29.8 Å². The molecule has 0 saturated heterocycles. The number of benzene rings is 1. The Balaban J connectivity index is 2.20. The summed E-state index contributed by atoms with van der Waals surface area (Å²) >= 11 is 0. The largest absolute Gasteiger partial charge is 0.467 e. The molecule has 1 aromatic carbocycles. The highest BCUT2D eigenvalue weighted by atomic mass is 16.6. The minimum atomic E-state index is -1.21. The van der Waals surface area contributed by atoms with Gasteiger partial charge in [0.25, 0.3) is 0 Å². The number of rotatable bonds is 3.